The summed E-state index contributed by atoms with van der Waals surface area (Å²) in [7, 11) is 0. The molecule has 0 fully saturated rings. The predicted molar refractivity (Wildman–Crippen MR) is 11.5 cm³/mol. The van der Waals surface area contributed by atoms with E-state index in [9.17, 15) is 0 Å². The van der Waals surface area contributed by atoms with Gasteiger partial charge in [-0.1, -0.05) is 0 Å². The molecule has 0 saturated heterocycles. The van der Waals surface area contributed by atoms with E-state index in [0.717, 1.165) is 0 Å². The van der Waals surface area contributed by atoms with E-state index in [-0.39, 0.29) is 17.1 Å². The van der Waals surface area contributed by atoms with Crippen molar-refractivity contribution in [2.75, 3.05) is 0 Å². The Morgan fingerprint density at radius 3 is 0.800 bits per heavy atom. The first kappa shape index (κ1) is 15.8. The molecule has 0 aliphatic carbocycles. The van der Waals surface area contributed by atoms with Crippen molar-refractivity contribution in [1.82, 2.24) is 0 Å². The van der Waals surface area contributed by atoms with E-state index < -0.39 is 0 Å². The van der Waals surface area contributed by atoms with Gasteiger partial charge in [0, 0.05) is 17.1 Å². The van der Waals surface area contributed by atoms with Crippen LogP contribution in [-0.2, 0) is 40.5 Å². The predicted octanol–water partition coefficient (Wildman–Crippen LogP) is -0.769. The molecule has 0 aliphatic rings. The topological polar surface area (TPSA) is 0 Å². The fourth-order valence-electron chi connectivity index (χ4n) is 0. The summed E-state index contributed by atoms with van der Waals surface area (Å²) >= 11 is 8.61. The zero-order chi connectivity index (χ0) is 4.00. The molecule has 0 aromatic rings. The third kappa shape index (κ3) is 18.8. The van der Waals surface area contributed by atoms with E-state index in [4.69, 9.17) is 0 Å². The molecule has 0 saturated carbocycles. The molecule has 0 aromatic heterocycles. The molecule has 0 amide bonds. The molecule has 5 heteroatoms. The molecule has 0 bridgehead atoms. The summed E-state index contributed by atoms with van der Waals surface area (Å²) in [5.41, 5.74) is 0. The summed E-state index contributed by atoms with van der Waals surface area (Å²) in [6.45, 7) is 0. The Bertz CT molecular complexity index is 6.85. The standard InChI is InChI=1S/2Bi.3Mn. The van der Waals surface area contributed by atoms with Crippen LogP contribution in [0.4, 0.5) is 0 Å². The molecule has 31 valence electrons. The quantitative estimate of drug-likeness (QED) is 0.330. The Kier molecular flexibility index (Phi) is 83.5. The van der Waals surface area contributed by atoms with Gasteiger partial charge in [-0.25, -0.2) is 0 Å². The Morgan fingerprint density at radius 2 is 0.800 bits per heavy atom. The first-order valence-electron chi connectivity index (χ1n) is 0.338. The number of hydrogen-bond acceptors (Lipinski definition) is 0. The van der Waals surface area contributed by atoms with Crippen LogP contribution in [0.15, 0.2) is 0 Å². The van der Waals surface area contributed by atoms with Gasteiger partial charge in [-0.05, 0) is 0 Å². The van der Waals surface area contributed by atoms with Gasteiger partial charge in [0.1, 0.15) is 0 Å². The summed E-state index contributed by atoms with van der Waals surface area (Å²) in [5.74, 6) is 0. The van der Waals surface area contributed by atoms with E-state index >= 15 is 0 Å². The van der Waals surface area contributed by atoms with Crippen LogP contribution in [0.5, 0.6) is 0 Å². The van der Waals surface area contributed by atoms with E-state index in [1.165, 1.54) is 43.5 Å². The Labute approximate surface area is 82.0 Å². The van der Waals surface area contributed by atoms with Gasteiger partial charge in [-0.2, -0.15) is 0 Å². The van der Waals surface area contributed by atoms with Gasteiger partial charge in [0.2, 0.25) is 0 Å². The molecule has 0 N–H and O–H groups in total. The maximum atomic E-state index is 3.05. The van der Waals surface area contributed by atoms with Gasteiger partial charge in [-0.15, -0.1) is 0 Å². The molecule has 0 nitrogen and oxygen atoms in total. The van der Waals surface area contributed by atoms with E-state index in [0.29, 0.717) is 0 Å². The first-order chi connectivity index (χ1) is 2.00. The first-order valence-corrected chi connectivity index (χ1v) is 12.2. The molecule has 0 unspecified atom stereocenters. The minimum atomic E-state index is 0. The summed E-state index contributed by atoms with van der Waals surface area (Å²) in [5, 5.41) is 0. The minimum absolute atomic E-state index is 0. The summed E-state index contributed by atoms with van der Waals surface area (Å²) in [6.07, 6.45) is 0. The van der Waals surface area contributed by atoms with Crippen molar-refractivity contribution in [3.63, 3.8) is 0 Å². The van der Waals surface area contributed by atoms with E-state index in [1.807, 2.05) is 0 Å². The summed E-state index contributed by atoms with van der Waals surface area (Å²) < 4.78 is 0. The zero-order valence-electron chi connectivity index (χ0n) is 2.03. The second-order valence-electron chi connectivity index (χ2n) is 0. The average Bonchev–Trinajstić information content (AvgIpc) is 1.50. The van der Waals surface area contributed by atoms with Crippen LogP contribution in [-0.4, -0.2) is 43.5 Å². The van der Waals surface area contributed by atoms with Crippen molar-refractivity contribution < 1.29 is 40.5 Å². The van der Waals surface area contributed by atoms with Crippen molar-refractivity contribution in [3.8, 4) is 0 Å². The average molecular weight is 583 g/mol. The van der Waals surface area contributed by atoms with Crippen LogP contribution in [0.25, 0.3) is 0 Å². The van der Waals surface area contributed by atoms with E-state index in [2.05, 4.69) is 23.4 Å². The SMILES string of the molecule is [Mn].[Mn]=[Bi].[Mn]=[Bi]. The molecule has 3 radical (unpaired) electrons. The fourth-order valence-corrected chi connectivity index (χ4v) is 0. The van der Waals surface area contributed by atoms with Crippen LogP contribution in [0.3, 0.4) is 0 Å². The van der Waals surface area contributed by atoms with Gasteiger partial charge >= 0.3 is 66.9 Å². The third-order valence-corrected chi connectivity index (χ3v) is 0. The Balaban J connectivity index is -0.0000000133. The second-order valence-corrected chi connectivity index (χ2v) is 0. The molecule has 0 aliphatic heterocycles. The molecular weight excluding hydrogens is 583 g/mol. The van der Waals surface area contributed by atoms with E-state index in [1.54, 1.807) is 0 Å². The van der Waals surface area contributed by atoms with Crippen molar-refractivity contribution in [2.45, 2.75) is 0 Å². The molecule has 0 rings (SSSR count). The van der Waals surface area contributed by atoms with Crippen molar-refractivity contribution in [2.24, 2.45) is 0 Å². The van der Waals surface area contributed by atoms with Crippen molar-refractivity contribution in [1.29, 1.82) is 0 Å². The molecule has 0 spiro atoms. The van der Waals surface area contributed by atoms with Crippen LogP contribution in [0.2, 0.25) is 0 Å². The molecule has 5 heavy (non-hydrogen) atoms. The molecular formula is Bi2Mn3. The summed E-state index contributed by atoms with van der Waals surface area (Å²) in [6, 6.07) is 0. The van der Waals surface area contributed by atoms with Crippen LogP contribution in [0, 0.1) is 0 Å². The molecule has 0 aromatic carbocycles. The fraction of sp³-hybridized carbons (Fsp3) is 0. The van der Waals surface area contributed by atoms with Gasteiger partial charge < -0.3 is 0 Å². The summed E-state index contributed by atoms with van der Waals surface area (Å²) in [4.78, 5) is 0. The molecule has 0 atom stereocenters. The Morgan fingerprint density at radius 1 is 0.800 bits per heavy atom. The Hall–Kier alpha value is 3.32. The van der Waals surface area contributed by atoms with Crippen molar-refractivity contribution >= 4 is 43.5 Å². The van der Waals surface area contributed by atoms with Gasteiger partial charge in [0.15, 0.2) is 0 Å². The van der Waals surface area contributed by atoms with Crippen LogP contribution < -0.4 is 0 Å². The third-order valence-electron chi connectivity index (χ3n) is 0. The maximum absolute atomic E-state index is 3.05. The number of hydrogen-bond donors (Lipinski definition) is 0. The number of rotatable bonds is 0. The monoisotopic (exact) mass is 583 g/mol. The van der Waals surface area contributed by atoms with Crippen molar-refractivity contribution in [3.05, 3.63) is 0 Å². The van der Waals surface area contributed by atoms with Gasteiger partial charge in [-0.3, -0.25) is 0 Å². The van der Waals surface area contributed by atoms with Crippen LogP contribution >= 0.6 is 0 Å². The normalized spacial score (nSPS) is 1.60. The zero-order valence-corrected chi connectivity index (χ0v) is 12.5. The van der Waals surface area contributed by atoms with Gasteiger partial charge in [0.05, 0.1) is 0 Å². The van der Waals surface area contributed by atoms with Gasteiger partial charge in [0.25, 0.3) is 0 Å². The second kappa shape index (κ2) is 26.5. The molecule has 0 heterocycles. The van der Waals surface area contributed by atoms with Crippen LogP contribution in [0.1, 0.15) is 0 Å².